The monoisotopic (exact) mass is 327 g/mol. The van der Waals surface area contributed by atoms with E-state index < -0.39 is 36.0 Å². The molecule has 3 aliphatic rings. The van der Waals surface area contributed by atoms with Crippen molar-refractivity contribution in [2.45, 2.75) is 18.5 Å². The van der Waals surface area contributed by atoms with Gasteiger partial charge >= 0.3 is 12.1 Å². The van der Waals surface area contributed by atoms with Crippen LogP contribution in [0, 0.1) is 5.92 Å². The lowest BCUT2D eigenvalue weighted by Crippen LogP contribution is -2.73. The highest BCUT2D eigenvalue weighted by atomic mass is 32.2. The van der Waals surface area contributed by atoms with E-state index in [9.17, 15) is 24.3 Å². The topological polar surface area (TPSA) is 141 Å². The van der Waals surface area contributed by atoms with Gasteiger partial charge in [0.1, 0.15) is 11.7 Å². The number of nitrogens with two attached hydrogens (primary N) is 1. The molecule has 0 aromatic rings. The summed E-state index contributed by atoms with van der Waals surface area (Å²) in [5, 5.41) is 18.5. The highest BCUT2D eigenvalue weighted by molar-refractivity contribution is 8.03. The number of aliphatic carboxylic acids is 1. The molecule has 0 aliphatic carbocycles. The van der Waals surface area contributed by atoms with E-state index in [0.29, 0.717) is 11.3 Å². The standard InChI is InChI=1S/C12H13N3O6S/c13-5(16)3-22-9-4-1-2-14(12(20)21)7-6(4)15(10(7)17)8(9)11(18)19/h4,6-7H,1-3H2,(H2,13,16)(H,18,19)(H,20,21)/t4?,6-,7+/m1/s1. The van der Waals surface area contributed by atoms with E-state index in [4.69, 9.17) is 10.8 Å². The second-order valence-electron chi connectivity index (χ2n) is 5.29. The van der Waals surface area contributed by atoms with Gasteiger partial charge in [-0.15, -0.1) is 11.8 Å². The molecule has 10 heteroatoms. The minimum absolute atomic E-state index is 0.0787. The van der Waals surface area contributed by atoms with Gasteiger partial charge in [-0.25, -0.2) is 9.59 Å². The Balaban J connectivity index is 1.95. The summed E-state index contributed by atoms with van der Waals surface area (Å²) in [4.78, 5) is 48.5. The summed E-state index contributed by atoms with van der Waals surface area (Å²) >= 11 is 1.02. The Labute approximate surface area is 128 Å². The molecule has 0 radical (unpaired) electrons. The summed E-state index contributed by atoms with van der Waals surface area (Å²) in [6, 6.07) is -1.32. The fourth-order valence-corrected chi connectivity index (χ4v) is 4.48. The largest absolute Gasteiger partial charge is 0.477 e. The van der Waals surface area contributed by atoms with Crippen LogP contribution in [-0.4, -0.2) is 68.3 Å². The number of carbonyl (C=O) groups is 4. The zero-order valence-electron chi connectivity index (χ0n) is 11.3. The number of hydrogen-bond donors (Lipinski definition) is 3. The van der Waals surface area contributed by atoms with E-state index in [1.807, 2.05) is 0 Å². The predicted octanol–water partition coefficient (Wildman–Crippen LogP) is -0.906. The van der Waals surface area contributed by atoms with Gasteiger partial charge in [0.25, 0.3) is 5.91 Å². The van der Waals surface area contributed by atoms with E-state index in [1.54, 1.807) is 0 Å². The van der Waals surface area contributed by atoms with E-state index in [2.05, 4.69) is 0 Å². The molecule has 0 aromatic heterocycles. The minimum Gasteiger partial charge on any atom is -0.477 e. The van der Waals surface area contributed by atoms with E-state index in [0.717, 1.165) is 21.6 Å². The van der Waals surface area contributed by atoms with Crippen molar-refractivity contribution < 1.29 is 29.4 Å². The van der Waals surface area contributed by atoms with Crippen molar-refractivity contribution in [3.05, 3.63) is 10.6 Å². The van der Waals surface area contributed by atoms with Gasteiger partial charge in [-0.05, 0) is 6.42 Å². The maximum atomic E-state index is 12.2. The lowest BCUT2D eigenvalue weighted by molar-refractivity contribution is -0.161. The molecule has 0 aromatic carbocycles. The Morgan fingerprint density at radius 1 is 1.32 bits per heavy atom. The number of amides is 3. The lowest BCUT2D eigenvalue weighted by Gasteiger charge is -2.52. The molecule has 0 saturated carbocycles. The van der Waals surface area contributed by atoms with Crippen LogP contribution in [-0.2, 0) is 14.4 Å². The molecule has 0 bridgehead atoms. The highest BCUT2D eigenvalue weighted by Gasteiger charge is 2.64. The Bertz CT molecular complexity index is 632. The Morgan fingerprint density at radius 2 is 2.00 bits per heavy atom. The number of thioether (sulfide) groups is 1. The Kier molecular flexibility index (Phi) is 3.28. The van der Waals surface area contributed by atoms with Gasteiger partial charge in [-0.3, -0.25) is 19.4 Å². The van der Waals surface area contributed by atoms with Crippen LogP contribution in [0.25, 0.3) is 0 Å². The Hall–Kier alpha value is -2.23. The third-order valence-electron chi connectivity index (χ3n) is 4.17. The van der Waals surface area contributed by atoms with Crippen LogP contribution in [0.5, 0.6) is 0 Å². The third kappa shape index (κ3) is 1.86. The van der Waals surface area contributed by atoms with Crippen molar-refractivity contribution in [3.8, 4) is 0 Å². The molecule has 3 rings (SSSR count). The first-order valence-corrected chi connectivity index (χ1v) is 7.54. The smallest absolute Gasteiger partial charge is 0.408 e. The lowest BCUT2D eigenvalue weighted by atomic mass is 9.81. The quantitative estimate of drug-likeness (QED) is 0.568. The van der Waals surface area contributed by atoms with Crippen molar-refractivity contribution in [2.24, 2.45) is 11.7 Å². The van der Waals surface area contributed by atoms with Gasteiger partial charge in [0.05, 0.1) is 11.8 Å². The molecular weight excluding hydrogens is 314 g/mol. The van der Waals surface area contributed by atoms with Crippen LogP contribution >= 0.6 is 11.8 Å². The number of hydrogen-bond acceptors (Lipinski definition) is 5. The highest BCUT2D eigenvalue weighted by Crippen LogP contribution is 2.52. The SMILES string of the molecule is NC(=O)CSC1=C(C(=O)O)N2C(=O)[C@@H]3[C@H]2C1CCN3C(=O)O. The number of β-lactam (4-membered cyclic amide) rings is 1. The number of carboxylic acids is 1. The fourth-order valence-electron chi connectivity index (χ4n) is 3.39. The summed E-state index contributed by atoms with van der Waals surface area (Å²) in [6.45, 7) is 0.161. The molecule has 118 valence electrons. The summed E-state index contributed by atoms with van der Waals surface area (Å²) < 4.78 is 0. The molecular formula is C12H13N3O6S. The van der Waals surface area contributed by atoms with Gasteiger partial charge in [0.2, 0.25) is 5.91 Å². The molecule has 22 heavy (non-hydrogen) atoms. The number of carbonyl (C=O) groups excluding carboxylic acids is 2. The molecule has 3 heterocycles. The Morgan fingerprint density at radius 3 is 2.55 bits per heavy atom. The van der Waals surface area contributed by atoms with E-state index in [1.165, 1.54) is 0 Å². The molecule has 9 nitrogen and oxygen atoms in total. The second kappa shape index (κ2) is 4.90. The maximum Gasteiger partial charge on any atom is 0.408 e. The summed E-state index contributed by atoms with van der Waals surface area (Å²) in [5.74, 6) is -2.69. The second-order valence-corrected chi connectivity index (χ2v) is 6.30. The van der Waals surface area contributed by atoms with Gasteiger partial charge in [-0.2, -0.15) is 0 Å². The van der Waals surface area contributed by atoms with E-state index >= 15 is 0 Å². The zero-order valence-corrected chi connectivity index (χ0v) is 12.1. The first-order chi connectivity index (χ1) is 10.3. The van der Waals surface area contributed by atoms with Crippen molar-refractivity contribution in [3.63, 3.8) is 0 Å². The number of piperidine rings is 1. The van der Waals surface area contributed by atoms with Crippen molar-refractivity contribution >= 4 is 35.6 Å². The molecule has 3 amide bonds. The number of likely N-dealkylation sites (tertiary alicyclic amines) is 1. The van der Waals surface area contributed by atoms with Crippen molar-refractivity contribution in [2.75, 3.05) is 12.3 Å². The molecule has 2 fully saturated rings. The summed E-state index contributed by atoms with van der Waals surface area (Å²) in [6.07, 6.45) is -0.777. The van der Waals surface area contributed by atoms with Crippen LogP contribution in [0.2, 0.25) is 0 Å². The third-order valence-corrected chi connectivity index (χ3v) is 5.41. The molecule has 0 spiro atoms. The van der Waals surface area contributed by atoms with Gasteiger partial charge in [-0.1, -0.05) is 0 Å². The van der Waals surface area contributed by atoms with Gasteiger partial charge in [0.15, 0.2) is 0 Å². The predicted molar refractivity (Wildman–Crippen MR) is 73.6 cm³/mol. The molecule has 1 unspecified atom stereocenters. The van der Waals surface area contributed by atoms with Crippen molar-refractivity contribution in [1.29, 1.82) is 0 Å². The minimum atomic E-state index is -1.25. The van der Waals surface area contributed by atoms with Gasteiger partial charge < -0.3 is 15.9 Å². The van der Waals surface area contributed by atoms with Crippen LogP contribution in [0.4, 0.5) is 4.79 Å². The van der Waals surface area contributed by atoms with E-state index in [-0.39, 0.29) is 23.9 Å². The molecule has 3 aliphatic heterocycles. The number of rotatable bonds is 4. The molecule has 3 atom stereocenters. The van der Waals surface area contributed by atoms with Crippen LogP contribution < -0.4 is 5.73 Å². The number of nitrogens with zero attached hydrogens (tertiary/aromatic N) is 2. The first kappa shape index (κ1) is 14.7. The maximum absolute atomic E-state index is 12.2. The average Bonchev–Trinajstić information content (AvgIpc) is 2.76. The summed E-state index contributed by atoms with van der Waals surface area (Å²) in [7, 11) is 0. The number of carboxylic acid groups (broad SMARTS) is 2. The average molecular weight is 327 g/mol. The molecule has 4 N–H and O–H groups in total. The number of primary amides is 1. The van der Waals surface area contributed by atoms with Crippen LogP contribution in [0.1, 0.15) is 6.42 Å². The van der Waals surface area contributed by atoms with Gasteiger partial charge in [0, 0.05) is 17.4 Å². The zero-order chi connectivity index (χ0) is 16.2. The van der Waals surface area contributed by atoms with Crippen LogP contribution in [0.15, 0.2) is 10.6 Å². The van der Waals surface area contributed by atoms with Crippen molar-refractivity contribution in [1.82, 2.24) is 9.80 Å². The van der Waals surface area contributed by atoms with Crippen LogP contribution in [0.3, 0.4) is 0 Å². The normalized spacial score (nSPS) is 29.3. The molecule has 2 saturated heterocycles. The first-order valence-electron chi connectivity index (χ1n) is 6.55. The fraction of sp³-hybridized carbons (Fsp3) is 0.500. The summed E-state index contributed by atoms with van der Waals surface area (Å²) in [5.41, 5.74) is 4.95.